The van der Waals surface area contributed by atoms with E-state index >= 15 is 0 Å². The zero-order chi connectivity index (χ0) is 13.8. The SMILES string of the molecule is CN(C(=S)Nc1ccc(F)cc1)C1CC[NH+](C)CC1. The summed E-state index contributed by atoms with van der Waals surface area (Å²) in [6, 6.07) is 6.78. The average molecular weight is 282 g/mol. The Morgan fingerprint density at radius 1 is 1.32 bits per heavy atom. The number of hydrogen-bond acceptors (Lipinski definition) is 1. The van der Waals surface area contributed by atoms with E-state index in [-0.39, 0.29) is 5.82 Å². The zero-order valence-corrected chi connectivity index (χ0v) is 12.3. The summed E-state index contributed by atoms with van der Waals surface area (Å²) in [5.41, 5.74) is 0.830. The van der Waals surface area contributed by atoms with Crippen molar-refractivity contribution < 1.29 is 9.29 Å². The first kappa shape index (κ1) is 14.2. The van der Waals surface area contributed by atoms with Crippen molar-refractivity contribution >= 4 is 23.0 Å². The zero-order valence-electron chi connectivity index (χ0n) is 11.4. The molecule has 1 heterocycles. The van der Waals surface area contributed by atoms with Gasteiger partial charge in [0.1, 0.15) is 5.82 Å². The molecule has 1 saturated heterocycles. The normalized spacial score (nSPS) is 22.9. The first-order valence-corrected chi connectivity index (χ1v) is 7.08. The average Bonchev–Trinajstić information content (AvgIpc) is 2.41. The van der Waals surface area contributed by atoms with Crippen molar-refractivity contribution in [2.45, 2.75) is 18.9 Å². The summed E-state index contributed by atoms with van der Waals surface area (Å²) in [6.45, 7) is 2.38. The van der Waals surface area contributed by atoms with Gasteiger partial charge in [-0.2, -0.15) is 0 Å². The van der Waals surface area contributed by atoms with E-state index in [1.807, 2.05) is 7.05 Å². The Morgan fingerprint density at radius 3 is 2.47 bits per heavy atom. The topological polar surface area (TPSA) is 19.7 Å². The molecule has 1 aromatic rings. The number of halogens is 1. The van der Waals surface area contributed by atoms with Crippen LogP contribution < -0.4 is 10.2 Å². The second-order valence-electron chi connectivity index (χ2n) is 5.24. The molecule has 104 valence electrons. The molecule has 2 N–H and O–H groups in total. The van der Waals surface area contributed by atoms with E-state index in [0.29, 0.717) is 11.2 Å². The maximum Gasteiger partial charge on any atom is 0.173 e. The van der Waals surface area contributed by atoms with Crippen LogP contribution in [0.15, 0.2) is 24.3 Å². The molecule has 5 heteroatoms. The third-order valence-electron chi connectivity index (χ3n) is 3.77. The van der Waals surface area contributed by atoms with E-state index in [1.165, 1.54) is 25.2 Å². The van der Waals surface area contributed by atoms with Gasteiger partial charge in [-0.15, -0.1) is 0 Å². The molecule has 1 aliphatic rings. The fraction of sp³-hybridized carbons (Fsp3) is 0.500. The molecular formula is C14H21FN3S+. The predicted octanol–water partition coefficient (Wildman–Crippen LogP) is 1.13. The minimum atomic E-state index is -0.233. The fourth-order valence-corrected chi connectivity index (χ4v) is 2.66. The standard InChI is InChI=1S/C14H20FN3S/c1-17-9-7-13(8-10-17)18(2)14(19)16-12-5-3-11(15)4-6-12/h3-6,13H,7-10H2,1-2H3,(H,16,19)/p+1. The molecule has 3 nitrogen and oxygen atoms in total. The lowest BCUT2D eigenvalue weighted by Gasteiger charge is -2.34. The monoisotopic (exact) mass is 282 g/mol. The van der Waals surface area contributed by atoms with Crippen LogP contribution in [-0.4, -0.2) is 43.2 Å². The van der Waals surface area contributed by atoms with Crippen molar-refractivity contribution in [2.24, 2.45) is 0 Å². The maximum absolute atomic E-state index is 12.8. The highest BCUT2D eigenvalue weighted by Crippen LogP contribution is 2.13. The van der Waals surface area contributed by atoms with Gasteiger partial charge in [0.15, 0.2) is 5.11 Å². The molecule has 2 rings (SSSR count). The quantitative estimate of drug-likeness (QED) is 0.794. The highest BCUT2D eigenvalue weighted by atomic mass is 32.1. The summed E-state index contributed by atoms with van der Waals surface area (Å²) in [5.74, 6) is -0.233. The molecule has 0 bridgehead atoms. The summed E-state index contributed by atoms with van der Waals surface area (Å²) >= 11 is 5.42. The fourth-order valence-electron chi connectivity index (χ4n) is 2.39. The lowest BCUT2D eigenvalue weighted by molar-refractivity contribution is -0.885. The lowest BCUT2D eigenvalue weighted by Crippen LogP contribution is -3.10. The predicted molar refractivity (Wildman–Crippen MR) is 80.0 cm³/mol. The molecule has 0 radical (unpaired) electrons. The van der Waals surface area contributed by atoms with E-state index in [2.05, 4.69) is 17.3 Å². The highest BCUT2D eigenvalue weighted by molar-refractivity contribution is 7.80. The van der Waals surface area contributed by atoms with Crippen LogP contribution in [-0.2, 0) is 0 Å². The molecule has 0 aliphatic carbocycles. The van der Waals surface area contributed by atoms with Gasteiger partial charge in [-0.05, 0) is 36.5 Å². The highest BCUT2D eigenvalue weighted by Gasteiger charge is 2.24. The van der Waals surface area contributed by atoms with Crippen molar-refractivity contribution in [1.29, 1.82) is 0 Å². The van der Waals surface area contributed by atoms with Crippen LogP contribution in [0, 0.1) is 5.82 Å². The molecule has 1 fully saturated rings. The molecule has 1 aromatic carbocycles. The summed E-state index contributed by atoms with van der Waals surface area (Å²) in [5, 5.41) is 3.87. The Balaban J connectivity index is 1.90. The first-order chi connectivity index (χ1) is 9.06. The van der Waals surface area contributed by atoms with E-state index in [9.17, 15) is 4.39 Å². The number of piperidine rings is 1. The van der Waals surface area contributed by atoms with E-state index in [1.54, 1.807) is 17.0 Å². The number of benzene rings is 1. The van der Waals surface area contributed by atoms with Crippen molar-refractivity contribution in [2.75, 3.05) is 32.5 Å². The molecule has 0 atom stereocenters. The molecule has 0 spiro atoms. The second kappa shape index (κ2) is 6.30. The molecule has 0 unspecified atom stereocenters. The molecular weight excluding hydrogens is 261 g/mol. The van der Waals surface area contributed by atoms with Crippen molar-refractivity contribution in [3.63, 3.8) is 0 Å². The van der Waals surface area contributed by atoms with Gasteiger partial charge >= 0.3 is 0 Å². The second-order valence-corrected chi connectivity index (χ2v) is 5.62. The third kappa shape index (κ3) is 3.88. The van der Waals surface area contributed by atoms with Crippen molar-refractivity contribution in [1.82, 2.24) is 4.90 Å². The molecule has 0 aromatic heterocycles. The smallest absolute Gasteiger partial charge is 0.173 e. The van der Waals surface area contributed by atoms with E-state index < -0.39 is 0 Å². The number of thiocarbonyl (C=S) groups is 1. The largest absolute Gasteiger partial charge is 0.349 e. The third-order valence-corrected chi connectivity index (χ3v) is 4.16. The van der Waals surface area contributed by atoms with Crippen LogP contribution in [0.1, 0.15) is 12.8 Å². The molecule has 0 saturated carbocycles. The van der Waals surface area contributed by atoms with Crippen LogP contribution in [0.4, 0.5) is 10.1 Å². The summed E-state index contributed by atoms with van der Waals surface area (Å²) < 4.78 is 12.8. The van der Waals surface area contributed by atoms with E-state index in [0.717, 1.165) is 18.5 Å². The Morgan fingerprint density at radius 2 is 1.89 bits per heavy atom. The van der Waals surface area contributed by atoms with Gasteiger partial charge < -0.3 is 15.1 Å². The Labute approximate surface area is 119 Å². The number of nitrogens with one attached hydrogen (secondary N) is 2. The van der Waals surface area contributed by atoms with Gasteiger partial charge in [0.25, 0.3) is 0 Å². The first-order valence-electron chi connectivity index (χ1n) is 6.67. The number of rotatable bonds is 2. The summed E-state index contributed by atoms with van der Waals surface area (Å²) in [6.07, 6.45) is 2.32. The van der Waals surface area contributed by atoms with Crippen LogP contribution in [0.3, 0.4) is 0 Å². The van der Waals surface area contributed by atoms with Crippen LogP contribution in [0.2, 0.25) is 0 Å². The van der Waals surface area contributed by atoms with Crippen LogP contribution in [0.25, 0.3) is 0 Å². The van der Waals surface area contributed by atoms with Crippen LogP contribution >= 0.6 is 12.2 Å². The summed E-state index contributed by atoms with van der Waals surface area (Å²) in [4.78, 5) is 3.72. The molecule has 19 heavy (non-hydrogen) atoms. The van der Waals surface area contributed by atoms with Gasteiger partial charge in [0.05, 0.1) is 20.1 Å². The summed E-state index contributed by atoms with van der Waals surface area (Å²) in [7, 11) is 4.26. The Hall–Kier alpha value is -1.20. The Bertz CT molecular complexity index is 427. The molecule has 1 aliphatic heterocycles. The van der Waals surface area contributed by atoms with Crippen molar-refractivity contribution in [3.8, 4) is 0 Å². The van der Waals surface area contributed by atoms with E-state index in [4.69, 9.17) is 12.2 Å². The van der Waals surface area contributed by atoms with Gasteiger partial charge in [0, 0.05) is 31.6 Å². The van der Waals surface area contributed by atoms with Gasteiger partial charge in [-0.3, -0.25) is 0 Å². The maximum atomic E-state index is 12.8. The van der Waals surface area contributed by atoms with Crippen LogP contribution in [0.5, 0.6) is 0 Å². The number of nitrogens with zero attached hydrogens (tertiary/aromatic N) is 1. The van der Waals surface area contributed by atoms with Gasteiger partial charge in [-0.1, -0.05) is 0 Å². The van der Waals surface area contributed by atoms with Gasteiger partial charge in [-0.25, -0.2) is 4.39 Å². The lowest BCUT2D eigenvalue weighted by atomic mass is 10.0. The number of hydrogen-bond donors (Lipinski definition) is 2. The number of likely N-dealkylation sites (tertiary alicyclic amines) is 1. The number of quaternary nitrogens is 1. The number of anilines is 1. The van der Waals surface area contributed by atoms with Gasteiger partial charge in [0.2, 0.25) is 0 Å². The minimum Gasteiger partial charge on any atom is -0.349 e. The Kier molecular flexibility index (Phi) is 4.71. The molecule has 0 amide bonds. The minimum absolute atomic E-state index is 0.233. The van der Waals surface area contributed by atoms with Crippen molar-refractivity contribution in [3.05, 3.63) is 30.1 Å².